The van der Waals surface area contributed by atoms with E-state index >= 15 is 0 Å². The van der Waals surface area contributed by atoms with E-state index in [0.29, 0.717) is 5.02 Å². The highest BCUT2D eigenvalue weighted by atomic mass is 35.5. The van der Waals surface area contributed by atoms with Crippen molar-refractivity contribution in [2.24, 2.45) is 4.99 Å². The van der Waals surface area contributed by atoms with Crippen LogP contribution in [-0.2, 0) is 6.54 Å². The van der Waals surface area contributed by atoms with Gasteiger partial charge in [-0.15, -0.1) is 0 Å². The van der Waals surface area contributed by atoms with Crippen LogP contribution in [0.4, 0.5) is 4.39 Å². The Bertz CT molecular complexity index is 1240. The quantitative estimate of drug-likeness (QED) is 0.445. The molecule has 0 spiro atoms. The van der Waals surface area contributed by atoms with Crippen molar-refractivity contribution in [1.29, 1.82) is 0 Å². The summed E-state index contributed by atoms with van der Waals surface area (Å²) in [7, 11) is 0. The van der Waals surface area contributed by atoms with Crippen LogP contribution >= 0.6 is 11.6 Å². The van der Waals surface area contributed by atoms with Crippen LogP contribution in [0.1, 0.15) is 48.8 Å². The molecule has 2 N–H and O–H groups in total. The Morgan fingerprint density at radius 1 is 1.06 bits per heavy atom. The first-order valence-corrected chi connectivity index (χ1v) is 12.8. The van der Waals surface area contributed by atoms with Crippen molar-refractivity contribution < 1.29 is 4.39 Å². The Labute approximate surface area is 217 Å². The highest BCUT2D eigenvalue weighted by molar-refractivity contribution is 6.31. The summed E-state index contributed by atoms with van der Waals surface area (Å²) in [6, 6.07) is 20.8. The Morgan fingerprint density at radius 2 is 1.83 bits per heavy atom. The second kappa shape index (κ2) is 11.3. The van der Waals surface area contributed by atoms with E-state index in [9.17, 15) is 4.39 Å². The standard InChI is InChI=1S/C29H31ClFN5/c1-20-27(19-36-15-12-23(13-16-36)33-18-21-7-3-2-4-8-21)34-29(26-9-5-6-14-32-26)35-28(20)24-11-10-22(31)17-25(24)30/h2-11,14,17,28-29,34-35H,12-13,15-16,18-19H2,1H3. The minimum absolute atomic E-state index is 0.144. The van der Waals surface area contributed by atoms with E-state index < -0.39 is 0 Å². The maximum atomic E-state index is 13.8. The predicted molar refractivity (Wildman–Crippen MR) is 143 cm³/mol. The fourth-order valence-corrected chi connectivity index (χ4v) is 5.14. The highest BCUT2D eigenvalue weighted by Crippen LogP contribution is 2.35. The third-order valence-corrected chi connectivity index (χ3v) is 7.29. The van der Waals surface area contributed by atoms with E-state index in [4.69, 9.17) is 16.6 Å². The van der Waals surface area contributed by atoms with Crippen LogP contribution in [0.5, 0.6) is 0 Å². The number of nitrogens with zero attached hydrogens (tertiary/aromatic N) is 3. The van der Waals surface area contributed by atoms with Crippen molar-refractivity contribution in [3.63, 3.8) is 0 Å². The second-order valence-electron chi connectivity index (χ2n) is 9.40. The van der Waals surface area contributed by atoms with Crippen molar-refractivity contribution in [2.75, 3.05) is 19.6 Å². The molecule has 1 aromatic heterocycles. The fraction of sp³-hybridized carbons (Fsp3) is 0.310. The van der Waals surface area contributed by atoms with E-state index in [-0.39, 0.29) is 18.0 Å². The molecule has 186 valence electrons. The minimum Gasteiger partial charge on any atom is -0.367 e. The highest BCUT2D eigenvalue weighted by Gasteiger charge is 2.30. The summed E-state index contributed by atoms with van der Waals surface area (Å²) >= 11 is 6.49. The lowest BCUT2D eigenvalue weighted by Gasteiger charge is -2.38. The van der Waals surface area contributed by atoms with Gasteiger partial charge in [0.05, 0.1) is 18.3 Å². The Hall–Kier alpha value is -3.06. The molecule has 2 atom stereocenters. The van der Waals surface area contributed by atoms with Crippen LogP contribution in [-0.4, -0.2) is 35.2 Å². The van der Waals surface area contributed by atoms with Gasteiger partial charge in [-0.2, -0.15) is 0 Å². The first kappa shape index (κ1) is 24.6. The fourth-order valence-electron chi connectivity index (χ4n) is 4.87. The number of aliphatic imine (C=N–C) groups is 1. The molecule has 0 saturated carbocycles. The van der Waals surface area contributed by atoms with Gasteiger partial charge < -0.3 is 5.32 Å². The smallest absolute Gasteiger partial charge is 0.124 e. The van der Waals surface area contributed by atoms with E-state index in [0.717, 1.165) is 61.5 Å². The van der Waals surface area contributed by atoms with Gasteiger partial charge in [0.15, 0.2) is 0 Å². The Balaban J connectivity index is 1.32. The van der Waals surface area contributed by atoms with Gasteiger partial charge in [0.2, 0.25) is 0 Å². The third kappa shape index (κ3) is 5.84. The number of nitrogens with one attached hydrogen (secondary N) is 2. The van der Waals surface area contributed by atoms with Crippen LogP contribution in [0.2, 0.25) is 5.02 Å². The van der Waals surface area contributed by atoms with E-state index in [1.807, 2.05) is 24.3 Å². The van der Waals surface area contributed by atoms with Crippen LogP contribution in [0.15, 0.2) is 89.2 Å². The van der Waals surface area contributed by atoms with Gasteiger partial charge in [0.1, 0.15) is 12.0 Å². The summed E-state index contributed by atoms with van der Waals surface area (Å²) < 4.78 is 13.8. The molecule has 3 aromatic rings. The molecular weight excluding hydrogens is 473 g/mol. The average molecular weight is 504 g/mol. The van der Waals surface area contributed by atoms with Crippen molar-refractivity contribution in [1.82, 2.24) is 20.5 Å². The number of hydrogen-bond acceptors (Lipinski definition) is 5. The number of hydrogen-bond donors (Lipinski definition) is 2. The number of halogens is 2. The van der Waals surface area contributed by atoms with Gasteiger partial charge in [0.25, 0.3) is 0 Å². The van der Waals surface area contributed by atoms with Gasteiger partial charge in [-0.05, 0) is 60.7 Å². The molecule has 2 unspecified atom stereocenters. The number of pyridine rings is 1. The summed E-state index contributed by atoms with van der Waals surface area (Å²) in [6.07, 6.45) is 3.58. The molecule has 1 saturated heterocycles. The van der Waals surface area contributed by atoms with E-state index in [2.05, 4.69) is 51.7 Å². The summed E-state index contributed by atoms with van der Waals surface area (Å²) in [4.78, 5) is 11.9. The minimum atomic E-state index is -0.334. The lowest BCUT2D eigenvalue weighted by Crippen LogP contribution is -2.46. The predicted octanol–water partition coefficient (Wildman–Crippen LogP) is 5.82. The zero-order valence-electron chi connectivity index (χ0n) is 20.4. The van der Waals surface area contributed by atoms with Gasteiger partial charge in [0, 0.05) is 42.3 Å². The lowest BCUT2D eigenvalue weighted by molar-refractivity contribution is 0.275. The number of benzene rings is 2. The molecule has 7 heteroatoms. The number of aromatic nitrogens is 1. The van der Waals surface area contributed by atoms with E-state index in [1.54, 1.807) is 12.3 Å². The molecule has 2 aliphatic heterocycles. The average Bonchev–Trinajstić information content (AvgIpc) is 2.91. The SMILES string of the molecule is CC1=C(CN2CCC(=NCc3ccccc3)CC2)NC(c2ccccn2)NC1c1ccc(F)cc1Cl. The number of piperidine rings is 1. The van der Waals surface area contributed by atoms with Gasteiger partial charge in [-0.1, -0.05) is 54.1 Å². The molecule has 0 amide bonds. The van der Waals surface area contributed by atoms with Crippen molar-refractivity contribution in [3.05, 3.63) is 112 Å². The third-order valence-electron chi connectivity index (χ3n) is 6.96. The molecule has 0 bridgehead atoms. The number of likely N-dealkylation sites (tertiary alicyclic amines) is 1. The molecule has 0 aliphatic carbocycles. The molecule has 3 heterocycles. The summed E-state index contributed by atoms with van der Waals surface area (Å²) in [6.45, 7) is 5.61. The van der Waals surface area contributed by atoms with E-state index in [1.165, 1.54) is 23.4 Å². The molecule has 5 rings (SSSR count). The second-order valence-corrected chi connectivity index (χ2v) is 9.81. The van der Waals surface area contributed by atoms with Crippen LogP contribution in [0.3, 0.4) is 0 Å². The van der Waals surface area contributed by atoms with Gasteiger partial charge in [-0.25, -0.2) is 4.39 Å². The van der Waals surface area contributed by atoms with Crippen LogP contribution in [0.25, 0.3) is 0 Å². The molecular formula is C29H31ClFN5. The molecule has 2 aromatic carbocycles. The van der Waals surface area contributed by atoms with Gasteiger partial charge >= 0.3 is 0 Å². The summed E-state index contributed by atoms with van der Waals surface area (Å²) in [5.74, 6) is -0.334. The largest absolute Gasteiger partial charge is 0.367 e. The molecule has 36 heavy (non-hydrogen) atoms. The van der Waals surface area contributed by atoms with Crippen molar-refractivity contribution in [3.8, 4) is 0 Å². The van der Waals surface area contributed by atoms with Crippen molar-refractivity contribution >= 4 is 17.3 Å². The van der Waals surface area contributed by atoms with Crippen LogP contribution < -0.4 is 10.6 Å². The Morgan fingerprint density at radius 3 is 2.56 bits per heavy atom. The monoisotopic (exact) mass is 503 g/mol. The maximum absolute atomic E-state index is 13.8. The normalized spacial score (nSPS) is 20.8. The van der Waals surface area contributed by atoms with Crippen LogP contribution in [0, 0.1) is 5.82 Å². The summed E-state index contributed by atoms with van der Waals surface area (Å²) in [5.41, 5.74) is 6.61. The zero-order valence-corrected chi connectivity index (χ0v) is 21.2. The molecule has 5 nitrogen and oxygen atoms in total. The van der Waals surface area contributed by atoms with Crippen molar-refractivity contribution in [2.45, 2.75) is 38.5 Å². The lowest BCUT2D eigenvalue weighted by atomic mass is 9.94. The topological polar surface area (TPSA) is 52.5 Å². The molecule has 1 fully saturated rings. The maximum Gasteiger partial charge on any atom is 0.124 e. The first-order chi connectivity index (χ1) is 17.6. The Kier molecular flexibility index (Phi) is 7.75. The zero-order chi connectivity index (χ0) is 24.9. The number of rotatable bonds is 6. The first-order valence-electron chi connectivity index (χ1n) is 12.4. The summed E-state index contributed by atoms with van der Waals surface area (Å²) in [5, 5.41) is 7.72. The molecule has 2 aliphatic rings. The molecule has 0 radical (unpaired) electrons. The van der Waals surface area contributed by atoms with Gasteiger partial charge in [-0.3, -0.25) is 20.2 Å².